The molecule has 0 spiro atoms. The van der Waals surface area contributed by atoms with Crippen LogP contribution >= 0.6 is 0 Å². The van der Waals surface area contributed by atoms with Crippen LogP contribution in [0, 0.1) is 5.92 Å². The van der Waals surface area contributed by atoms with Gasteiger partial charge in [-0.05, 0) is 37.1 Å². The number of anilines is 1. The van der Waals surface area contributed by atoms with E-state index in [-0.39, 0.29) is 12.6 Å². The van der Waals surface area contributed by atoms with Crippen molar-refractivity contribution in [3.8, 4) is 5.69 Å². The van der Waals surface area contributed by atoms with Gasteiger partial charge in [0.2, 0.25) is 0 Å². The first kappa shape index (κ1) is 15.0. The number of aliphatic carboxylic acids is 1. The van der Waals surface area contributed by atoms with Crippen LogP contribution in [0.4, 0.5) is 10.5 Å². The standard InChI is InChI=1S/C15H17N5O3/c21-14(22)11-2-1-8-19(10-11)15(23)17-12-3-5-13(6-4-12)20-9-7-16-18-20/h3-7,9,11H,1-2,8,10H2,(H,17,23)(H,21,22). The molecule has 0 bridgehead atoms. The molecule has 1 aliphatic heterocycles. The van der Waals surface area contributed by atoms with Gasteiger partial charge in [0.25, 0.3) is 0 Å². The van der Waals surface area contributed by atoms with Gasteiger partial charge in [-0.2, -0.15) is 0 Å². The molecule has 2 heterocycles. The molecule has 1 aromatic carbocycles. The van der Waals surface area contributed by atoms with Crippen molar-refractivity contribution in [2.75, 3.05) is 18.4 Å². The number of rotatable bonds is 3. The van der Waals surface area contributed by atoms with Gasteiger partial charge >= 0.3 is 12.0 Å². The molecule has 1 aromatic heterocycles. The summed E-state index contributed by atoms with van der Waals surface area (Å²) >= 11 is 0. The Kier molecular flexibility index (Phi) is 4.22. The lowest BCUT2D eigenvalue weighted by Crippen LogP contribution is -2.44. The van der Waals surface area contributed by atoms with E-state index >= 15 is 0 Å². The maximum atomic E-state index is 12.2. The van der Waals surface area contributed by atoms with Crippen molar-refractivity contribution in [2.24, 2.45) is 5.92 Å². The van der Waals surface area contributed by atoms with Crippen LogP contribution in [0.3, 0.4) is 0 Å². The quantitative estimate of drug-likeness (QED) is 0.896. The Morgan fingerprint density at radius 1 is 1.26 bits per heavy atom. The second-order valence-electron chi connectivity index (χ2n) is 5.45. The van der Waals surface area contributed by atoms with Gasteiger partial charge in [0.1, 0.15) is 0 Å². The number of nitrogens with zero attached hydrogens (tertiary/aromatic N) is 4. The second-order valence-corrected chi connectivity index (χ2v) is 5.45. The molecule has 8 nitrogen and oxygen atoms in total. The fraction of sp³-hybridized carbons (Fsp3) is 0.333. The van der Waals surface area contributed by atoms with Gasteiger partial charge in [-0.3, -0.25) is 4.79 Å². The van der Waals surface area contributed by atoms with Crippen LogP contribution in [0.2, 0.25) is 0 Å². The number of urea groups is 1. The fourth-order valence-corrected chi connectivity index (χ4v) is 2.61. The van der Waals surface area contributed by atoms with Gasteiger partial charge < -0.3 is 15.3 Å². The Labute approximate surface area is 132 Å². The normalized spacial score (nSPS) is 17.7. The van der Waals surface area contributed by atoms with E-state index in [0.29, 0.717) is 25.1 Å². The molecule has 120 valence electrons. The Morgan fingerprint density at radius 2 is 2.04 bits per heavy atom. The number of carboxylic acids is 1. The summed E-state index contributed by atoms with van der Waals surface area (Å²) < 4.78 is 1.62. The zero-order chi connectivity index (χ0) is 16.2. The Bertz CT molecular complexity index is 684. The predicted octanol–water partition coefficient (Wildman–Crippen LogP) is 1.60. The molecule has 0 aliphatic carbocycles. The molecule has 3 rings (SSSR count). The molecule has 2 N–H and O–H groups in total. The molecule has 8 heteroatoms. The summed E-state index contributed by atoms with van der Waals surface area (Å²) in [7, 11) is 0. The number of aromatic nitrogens is 3. The van der Waals surface area contributed by atoms with Crippen LogP contribution in [0.15, 0.2) is 36.7 Å². The minimum absolute atomic E-state index is 0.248. The topological polar surface area (TPSA) is 100 Å². The molecule has 0 radical (unpaired) electrons. The fourth-order valence-electron chi connectivity index (χ4n) is 2.61. The summed E-state index contributed by atoms with van der Waals surface area (Å²) in [4.78, 5) is 24.9. The number of carboxylic acid groups (broad SMARTS) is 1. The van der Waals surface area contributed by atoms with Gasteiger partial charge in [-0.15, -0.1) is 5.10 Å². The third-order valence-electron chi connectivity index (χ3n) is 3.86. The lowest BCUT2D eigenvalue weighted by Gasteiger charge is -2.30. The molecule has 23 heavy (non-hydrogen) atoms. The Hall–Kier alpha value is -2.90. The lowest BCUT2D eigenvalue weighted by molar-refractivity contribution is -0.143. The van der Waals surface area contributed by atoms with Crippen molar-refractivity contribution in [1.82, 2.24) is 19.9 Å². The number of carbonyl (C=O) groups is 2. The average Bonchev–Trinajstić information content (AvgIpc) is 3.10. The molecule has 1 atom stereocenters. The zero-order valence-corrected chi connectivity index (χ0v) is 12.4. The number of likely N-dealkylation sites (tertiary alicyclic amines) is 1. The zero-order valence-electron chi connectivity index (χ0n) is 12.4. The molecule has 0 saturated carbocycles. The van der Waals surface area contributed by atoms with Crippen molar-refractivity contribution in [3.63, 3.8) is 0 Å². The van der Waals surface area contributed by atoms with Crippen LogP contribution in [-0.4, -0.2) is 50.1 Å². The summed E-state index contributed by atoms with van der Waals surface area (Å²) in [6.07, 6.45) is 4.64. The van der Waals surface area contributed by atoms with Crippen LogP contribution < -0.4 is 5.32 Å². The minimum atomic E-state index is -0.848. The van der Waals surface area contributed by atoms with E-state index in [4.69, 9.17) is 5.11 Å². The summed E-state index contributed by atoms with van der Waals surface area (Å²) in [6, 6.07) is 6.91. The number of carbonyl (C=O) groups excluding carboxylic acids is 1. The smallest absolute Gasteiger partial charge is 0.321 e. The SMILES string of the molecule is O=C(O)C1CCCN(C(=O)Nc2ccc(-n3ccnn3)cc2)C1. The maximum Gasteiger partial charge on any atom is 0.321 e. The number of hydrogen-bond donors (Lipinski definition) is 2. The van der Waals surface area contributed by atoms with Gasteiger partial charge in [-0.1, -0.05) is 5.21 Å². The van der Waals surface area contributed by atoms with Gasteiger partial charge in [0, 0.05) is 18.8 Å². The average molecular weight is 315 g/mol. The monoisotopic (exact) mass is 315 g/mol. The van der Waals surface area contributed by atoms with E-state index in [9.17, 15) is 9.59 Å². The van der Waals surface area contributed by atoms with E-state index < -0.39 is 11.9 Å². The summed E-state index contributed by atoms with van der Waals surface area (Å²) in [5.41, 5.74) is 1.49. The van der Waals surface area contributed by atoms with Crippen molar-refractivity contribution < 1.29 is 14.7 Å². The van der Waals surface area contributed by atoms with Crippen molar-refractivity contribution in [1.29, 1.82) is 0 Å². The highest BCUT2D eigenvalue weighted by Crippen LogP contribution is 2.18. The molecule has 2 aromatic rings. The maximum absolute atomic E-state index is 12.2. The Balaban J connectivity index is 1.62. The minimum Gasteiger partial charge on any atom is -0.481 e. The first-order valence-electron chi connectivity index (χ1n) is 7.39. The van der Waals surface area contributed by atoms with Gasteiger partial charge in [0.05, 0.1) is 24.0 Å². The van der Waals surface area contributed by atoms with Crippen molar-refractivity contribution in [2.45, 2.75) is 12.8 Å². The number of piperidine rings is 1. The molecular formula is C15H17N5O3. The van der Waals surface area contributed by atoms with Crippen LogP contribution in [0.1, 0.15) is 12.8 Å². The molecule has 2 amide bonds. The highest BCUT2D eigenvalue weighted by Gasteiger charge is 2.28. The highest BCUT2D eigenvalue weighted by molar-refractivity contribution is 5.89. The number of amides is 2. The summed E-state index contributed by atoms with van der Waals surface area (Å²) in [6.45, 7) is 0.824. The Morgan fingerprint density at radius 3 is 2.70 bits per heavy atom. The second kappa shape index (κ2) is 6.47. The molecular weight excluding hydrogens is 298 g/mol. The summed E-state index contributed by atoms with van der Waals surface area (Å²) in [5.74, 6) is -1.33. The van der Waals surface area contributed by atoms with Crippen LogP contribution in [-0.2, 0) is 4.79 Å². The third-order valence-corrected chi connectivity index (χ3v) is 3.86. The van der Waals surface area contributed by atoms with Gasteiger partial charge in [0.15, 0.2) is 0 Å². The highest BCUT2D eigenvalue weighted by atomic mass is 16.4. The van der Waals surface area contributed by atoms with E-state index in [1.165, 1.54) is 0 Å². The van der Waals surface area contributed by atoms with Crippen LogP contribution in [0.25, 0.3) is 5.69 Å². The number of nitrogens with one attached hydrogen (secondary N) is 1. The van der Waals surface area contributed by atoms with Crippen molar-refractivity contribution in [3.05, 3.63) is 36.7 Å². The lowest BCUT2D eigenvalue weighted by atomic mass is 9.99. The van der Waals surface area contributed by atoms with Crippen LogP contribution in [0.5, 0.6) is 0 Å². The first-order valence-corrected chi connectivity index (χ1v) is 7.39. The molecule has 1 fully saturated rings. The molecule has 1 aliphatic rings. The summed E-state index contributed by atoms with van der Waals surface area (Å²) in [5, 5.41) is 19.5. The van der Waals surface area contributed by atoms with E-state index in [2.05, 4.69) is 15.6 Å². The number of hydrogen-bond acceptors (Lipinski definition) is 4. The third kappa shape index (κ3) is 3.47. The van der Waals surface area contributed by atoms with Gasteiger partial charge in [-0.25, -0.2) is 9.48 Å². The predicted molar refractivity (Wildman–Crippen MR) is 82.3 cm³/mol. The number of benzene rings is 1. The van der Waals surface area contributed by atoms with Crippen molar-refractivity contribution >= 4 is 17.7 Å². The van der Waals surface area contributed by atoms with E-state index in [0.717, 1.165) is 5.69 Å². The largest absolute Gasteiger partial charge is 0.481 e. The van der Waals surface area contributed by atoms with E-state index in [1.807, 2.05) is 12.1 Å². The first-order chi connectivity index (χ1) is 11.1. The van der Waals surface area contributed by atoms with E-state index in [1.54, 1.807) is 34.1 Å². The molecule has 1 unspecified atom stereocenters. The molecule has 1 saturated heterocycles.